The second kappa shape index (κ2) is 9.95. The van der Waals surface area contributed by atoms with Crippen LogP contribution in [0.1, 0.15) is 40.4 Å². The third-order valence-corrected chi connectivity index (χ3v) is 6.67. The van der Waals surface area contributed by atoms with Gasteiger partial charge in [0.2, 0.25) is 11.8 Å². The molecule has 0 bridgehead atoms. The van der Waals surface area contributed by atoms with Crippen LogP contribution < -0.4 is 10.6 Å². The van der Waals surface area contributed by atoms with Gasteiger partial charge in [0.1, 0.15) is 6.04 Å². The standard InChI is InChI=1S/C26H30N4O4/c31-23(28-19-7-5-18(6-8-19)11-12-29-13-15-34-16-14-29)17-27-25(32)24-21-3-1-2-4-22(21)26(33)30(24)20-9-10-20/h1-8,20,24H,9-17H2,(H,27,32)(H,28,31). The fourth-order valence-electron chi connectivity index (χ4n) is 4.67. The summed E-state index contributed by atoms with van der Waals surface area (Å²) in [5, 5.41) is 5.56. The summed E-state index contributed by atoms with van der Waals surface area (Å²) in [6, 6.07) is 14.5. The Kier molecular flexibility index (Phi) is 6.60. The molecule has 1 unspecified atom stereocenters. The number of benzene rings is 2. The molecule has 0 radical (unpaired) electrons. The highest BCUT2D eigenvalue weighted by Crippen LogP contribution is 2.41. The molecule has 34 heavy (non-hydrogen) atoms. The number of nitrogens with zero attached hydrogens (tertiary/aromatic N) is 2. The molecule has 2 aliphatic heterocycles. The highest BCUT2D eigenvalue weighted by Gasteiger charge is 2.47. The molecule has 3 amide bonds. The second-order valence-electron chi connectivity index (χ2n) is 9.10. The Morgan fingerprint density at radius 3 is 2.47 bits per heavy atom. The van der Waals surface area contributed by atoms with Gasteiger partial charge in [-0.3, -0.25) is 19.3 Å². The van der Waals surface area contributed by atoms with E-state index in [1.165, 1.54) is 5.56 Å². The molecule has 0 aromatic heterocycles. The Morgan fingerprint density at radius 2 is 1.74 bits per heavy atom. The van der Waals surface area contributed by atoms with Crippen LogP contribution in [0.3, 0.4) is 0 Å². The van der Waals surface area contributed by atoms with E-state index < -0.39 is 6.04 Å². The lowest BCUT2D eigenvalue weighted by molar-refractivity contribution is -0.127. The largest absolute Gasteiger partial charge is 0.379 e. The number of ether oxygens (including phenoxy) is 1. The van der Waals surface area contributed by atoms with Crippen molar-refractivity contribution in [1.82, 2.24) is 15.1 Å². The minimum absolute atomic E-state index is 0.101. The molecule has 8 nitrogen and oxygen atoms in total. The van der Waals surface area contributed by atoms with Crippen LogP contribution in [0.15, 0.2) is 48.5 Å². The van der Waals surface area contributed by atoms with Crippen LogP contribution in [0, 0.1) is 0 Å². The van der Waals surface area contributed by atoms with Crippen LogP contribution >= 0.6 is 0 Å². The van der Waals surface area contributed by atoms with E-state index in [0.717, 1.165) is 52.1 Å². The van der Waals surface area contributed by atoms with Gasteiger partial charge in [-0.1, -0.05) is 30.3 Å². The number of hydrogen-bond acceptors (Lipinski definition) is 5. The van der Waals surface area contributed by atoms with Gasteiger partial charge in [-0.25, -0.2) is 0 Å². The Morgan fingerprint density at radius 1 is 1.00 bits per heavy atom. The lowest BCUT2D eigenvalue weighted by atomic mass is 10.0. The van der Waals surface area contributed by atoms with Gasteiger partial charge < -0.3 is 20.3 Å². The van der Waals surface area contributed by atoms with Crippen molar-refractivity contribution in [3.63, 3.8) is 0 Å². The van der Waals surface area contributed by atoms with Crippen LogP contribution in [0.2, 0.25) is 0 Å². The molecular formula is C26H30N4O4. The summed E-state index contributed by atoms with van der Waals surface area (Å²) >= 11 is 0. The summed E-state index contributed by atoms with van der Waals surface area (Å²) in [5.74, 6) is -0.722. The Hall–Kier alpha value is -3.23. The number of fused-ring (bicyclic) bond motifs is 1. The van der Waals surface area contributed by atoms with Crippen LogP contribution in [-0.2, 0) is 20.7 Å². The molecule has 3 aliphatic rings. The third-order valence-electron chi connectivity index (χ3n) is 6.67. The van der Waals surface area contributed by atoms with Gasteiger partial charge >= 0.3 is 0 Å². The highest BCUT2D eigenvalue weighted by atomic mass is 16.5. The Balaban J connectivity index is 1.12. The number of nitrogens with one attached hydrogen (secondary N) is 2. The van der Waals surface area contributed by atoms with E-state index in [1.54, 1.807) is 11.0 Å². The number of rotatable bonds is 8. The van der Waals surface area contributed by atoms with Gasteiger partial charge in [-0.2, -0.15) is 0 Å². The Bertz CT molecular complexity index is 1060. The van der Waals surface area contributed by atoms with Crippen molar-refractivity contribution in [2.75, 3.05) is 44.7 Å². The Labute approximate surface area is 199 Å². The zero-order chi connectivity index (χ0) is 23.5. The lowest BCUT2D eigenvalue weighted by Gasteiger charge is -2.26. The van der Waals surface area contributed by atoms with E-state index in [4.69, 9.17) is 4.74 Å². The molecule has 0 spiro atoms. The first-order chi connectivity index (χ1) is 16.6. The zero-order valence-corrected chi connectivity index (χ0v) is 19.2. The molecular weight excluding hydrogens is 432 g/mol. The molecule has 8 heteroatoms. The molecule has 1 saturated carbocycles. The molecule has 1 saturated heterocycles. The monoisotopic (exact) mass is 462 g/mol. The predicted octanol–water partition coefficient (Wildman–Crippen LogP) is 1.98. The number of anilines is 1. The second-order valence-corrected chi connectivity index (χ2v) is 9.10. The molecule has 2 N–H and O–H groups in total. The summed E-state index contributed by atoms with van der Waals surface area (Å²) in [5.41, 5.74) is 3.19. The number of carbonyl (C=O) groups is 3. The maximum absolute atomic E-state index is 13.0. The number of morpholine rings is 1. The summed E-state index contributed by atoms with van der Waals surface area (Å²) in [7, 11) is 0. The van der Waals surface area contributed by atoms with Gasteiger partial charge in [-0.15, -0.1) is 0 Å². The van der Waals surface area contributed by atoms with Crippen molar-refractivity contribution in [1.29, 1.82) is 0 Å². The molecule has 178 valence electrons. The summed E-state index contributed by atoms with van der Waals surface area (Å²) < 4.78 is 5.38. The van der Waals surface area contributed by atoms with E-state index in [-0.39, 0.29) is 30.3 Å². The van der Waals surface area contributed by atoms with Crippen molar-refractivity contribution >= 4 is 23.4 Å². The van der Waals surface area contributed by atoms with Crippen LogP contribution in [0.4, 0.5) is 5.69 Å². The maximum atomic E-state index is 13.0. The van der Waals surface area contributed by atoms with E-state index in [2.05, 4.69) is 15.5 Å². The molecule has 1 aliphatic carbocycles. The smallest absolute Gasteiger partial charge is 0.255 e. The first-order valence-electron chi connectivity index (χ1n) is 12.0. The minimum Gasteiger partial charge on any atom is -0.379 e. The number of carbonyl (C=O) groups excluding carboxylic acids is 3. The molecule has 2 fully saturated rings. The van der Waals surface area contributed by atoms with E-state index in [9.17, 15) is 14.4 Å². The van der Waals surface area contributed by atoms with Gasteiger partial charge in [0.05, 0.1) is 19.8 Å². The molecule has 2 aromatic rings. The molecule has 1 atom stereocenters. The van der Waals surface area contributed by atoms with E-state index in [1.807, 2.05) is 42.5 Å². The average molecular weight is 463 g/mol. The SMILES string of the molecule is O=C(CNC(=O)C1c2ccccc2C(=O)N1C1CC1)Nc1ccc(CCN2CCOCC2)cc1. The van der Waals surface area contributed by atoms with E-state index in [0.29, 0.717) is 16.8 Å². The topological polar surface area (TPSA) is 91.0 Å². The first kappa shape index (κ1) is 22.6. The van der Waals surface area contributed by atoms with Crippen molar-refractivity contribution in [2.24, 2.45) is 0 Å². The number of amides is 3. The minimum atomic E-state index is -0.672. The van der Waals surface area contributed by atoms with Crippen molar-refractivity contribution < 1.29 is 19.1 Å². The fourth-order valence-corrected chi connectivity index (χ4v) is 4.67. The van der Waals surface area contributed by atoms with Crippen molar-refractivity contribution in [2.45, 2.75) is 31.3 Å². The normalized spacial score (nSPS) is 20.2. The number of hydrogen-bond donors (Lipinski definition) is 2. The van der Waals surface area contributed by atoms with Gasteiger partial charge in [-0.05, 0) is 48.6 Å². The van der Waals surface area contributed by atoms with Crippen molar-refractivity contribution in [3.05, 3.63) is 65.2 Å². The summed E-state index contributed by atoms with van der Waals surface area (Å²) in [6.45, 7) is 4.37. The zero-order valence-electron chi connectivity index (χ0n) is 19.2. The quantitative estimate of drug-likeness (QED) is 0.626. The average Bonchev–Trinajstić information content (AvgIpc) is 3.66. The van der Waals surface area contributed by atoms with Crippen LogP contribution in [-0.4, -0.2) is 73.0 Å². The van der Waals surface area contributed by atoms with Gasteiger partial charge in [0.15, 0.2) is 0 Å². The van der Waals surface area contributed by atoms with Crippen LogP contribution in [0.5, 0.6) is 0 Å². The summed E-state index contributed by atoms with van der Waals surface area (Å²) in [6.07, 6.45) is 2.77. The third kappa shape index (κ3) is 4.98. The molecule has 2 aromatic carbocycles. The molecule has 2 heterocycles. The van der Waals surface area contributed by atoms with Crippen LogP contribution in [0.25, 0.3) is 0 Å². The van der Waals surface area contributed by atoms with Gasteiger partial charge in [0.25, 0.3) is 5.91 Å². The first-order valence-corrected chi connectivity index (χ1v) is 12.0. The highest BCUT2D eigenvalue weighted by molar-refractivity contribution is 6.05. The van der Waals surface area contributed by atoms with Crippen molar-refractivity contribution in [3.8, 4) is 0 Å². The van der Waals surface area contributed by atoms with Gasteiger partial charge in [0, 0.05) is 36.9 Å². The predicted molar refractivity (Wildman–Crippen MR) is 127 cm³/mol. The summed E-state index contributed by atoms with van der Waals surface area (Å²) in [4.78, 5) is 42.3. The fraction of sp³-hybridized carbons (Fsp3) is 0.423. The maximum Gasteiger partial charge on any atom is 0.255 e. The molecule has 5 rings (SSSR count). The lowest BCUT2D eigenvalue weighted by Crippen LogP contribution is -2.42. The van der Waals surface area contributed by atoms with E-state index >= 15 is 0 Å².